The van der Waals surface area contributed by atoms with Crippen molar-refractivity contribution in [3.05, 3.63) is 58.7 Å². The molecule has 5 N–H and O–H groups in total. The summed E-state index contributed by atoms with van der Waals surface area (Å²) in [4.78, 5) is 20.2. The van der Waals surface area contributed by atoms with Gasteiger partial charge in [-0.25, -0.2) is 10.3 Å². The van der Waals surface area contributed by atoms with Gasteiger partial charge < -0.3 is 20.5 Å². The summed E-state index contributed by atoms with van der Waals surface area (Å²) in [6.07, 6.45) is 3.10. The van der Waals surface area contributed by atoms with Crippen LogP contribution in [0, 0.1) is 0 Å². The van der Waals surface area contributed by atoms with Gasteiger partial charge in [-0.3, -0.25) is 9.00 Å². The van der Waals surface area contributed by atoms with Crippen molar-refractivity contribution in [3.8, 4) is 5.75 Å². The Kier molecular flexibility index (Phi) is 8.63. The average molecular weight is 587 g/mol. The van der Waals surface area contributed by atoms with Gasteiger partial charge in [0.1, 0.15) is 17.3 Å². The van der Waals surface area contributed by atoms with Crippen LogP contribution in [0.5, 0.6) is 5.75 Å². The third-order valence-electron chi connectivity index (χ3n) is 7.48. The van der Waals surface area contributed by atoms with Crippen molar-refractivity contribution in [1.82, 2.24) is 10.3 Å². The normalized spacial score (nSPS) is 17.4. The molecular weight excluding hydrogens is 550 g/mol. The number of aliphatic hydroxyl groups is 1. The molecule has 1 aromatic heterocycles. The quantitative estimate of drug-likeness (QED) is 0.276. The number of amides is 1. The SMILES string of the molecule is C=S(=O)(c1ccccc1Nc1nc(Nc2cc3c(cc2OC)C(C)(C)C(NC(=O)CO)CC3)[nH+]cc1Cl)C(C)C. The average Bonchev–Trinajstić information content (AvgIpc) is 2.92. The largest absolute Gasteiger partial charge is 0.493 e. The van der Waals surface area contributed by atoms with Crippen molar-refractivity contribution < 1.29 is 23.8 Å². The fourth-order valence-electron chi connectivity index (χ4n) is 4.97. The second-order valence-electron chi connectivity index (χ2n) is 10.7. The second-order valence-corrected chi connectivity index (χ2v) is 14.0. The number of rotatable bonds is 9. The Morgan fingerprint density at radius 3 is 2.67 bits per heavy atom. The van der Waals surface area contributed by atoms with Crippen LogP contribution in [-0.4, -0.2) is 51.1 Å². The van der Waals surface area contributed by atoms with Gasteiger partial charge in [0.25, 0.3) is 0 Å². The van der Waals surface area contributed by atoms with Gasteiger partial charge in [0.2, 0.25) is 11.7 Å². The van der Waals surface area contributed by atoms with Crippen molar-refractivity contribution in [3.63, 3.8) is 0 Å². The van der Waals surface area contributed by atoms with Crippen LogP contribution in [0.3, 0.4) is 0 Å². The fraction of sp³-hybridized carbons (Fsp3) is 0.379. The first kappa shape index (κ1) is 29.6. The van der Waals surface area contributed by atoms with E-state index < -0.39 is 16.1 Å². The van der Waals surface area contributed by atoms with Crippen molar-refractivity contribution in [1.29, 1.82) is 0 Å². The third-order valence-corrected chi connectivity index (χ3v) is 10.4. The zero-order valence-corrected chi connectivity index (χ0v) is 25.0. The highest BCUT2D eigenvalue weighted by Gasteiger charge is 2.38. The van der Waals surface area contributed by atoms with Crippen LogP contribution < -0.4 is 25.7 Å². The molecule has 1 amide bonds. The van der Waals surface area contributed by atoms with Crippen LogP contribution in [0.25, 0.3) is 0 Å². The van der Waals surface area contributed by atoms with E-state index in [0.717, 1.165) is 24.0 Å². The van der Waals surface area contributed by atoms with Crippen molar-refractivity contribution >= 4 is 56.0 Å². The number of aryl methyl sites for hydroxylation is 1. The molecule has 2 aromatic carbocycles. The number of fused-ring (bicyclic) bond motifs is 1. The van der Waals surface area contributed by atoms with E-state index in [9.17, 15) is 14.1 Å². The minimum Gasteiger partial charge on any atom is -0.493 e. The molecule has 0 saturated heterocycles. The molecule has 0 fully saturated rings. The summed E-state index contributed by atoms with van der Waals surface area (Å²) in [7, 11) is -0.949. The summed E-state index contributed by atoms with van der Waals surface area (Å²) in [5.74, 6) is 5.03. The van der Waals surface area contributed by atoms with E-state index >= 15 is 0 Å². The Morgan fingerprint density at radius 2 is 2.00 bits per heavy atom. The van der Waals surface area contributed by atoms with Gasteiger partial charge in [-0.1, -0.05) is 56.4 Å². The van der Waals surface area contributed by atoms with E-state index in [1.807, 2.05) is 44.2 Å². The monoisotopic (exact) mass is 586 g/mol. The number of benzene rings is 2. The molecule has 2 atom stereocenters. The Balaban J connectivity index is 1.65. The van der Waals surface area contributed by atoms with E-state index in [2.05, 4.69) is 45.6 Å². The zero-order valence-electron chi connectivity index (χ0n) is 23.4. The van der Waals surface area contributed by atoms with Gasteiger partial charge in [0.05, 0.1) is 23.9 Å². The van der Waals surface area contributed by atoms with Crippen LogP contribution in [0.2, 0.25) is 5.02 Å². The summed E-state index contributed by atoms with van der Waals surface area (Å²) >= 11 is 6.48. The van der Waals surface area contributed by atoms with Crippen LogP contribution >= 0.6 is 11.6 Å². The Labute approximate surface area is 240 Å². The Morgan fingerprint density at radius 1 is 1.27 bits per heavy atom. The number of para-hydroxylation sites is 1. The summed E-state index contributed by atoms with van der Waals surface area (Å²) < 4.78 is 19.1. The third kappa shape index (κ3) is 5.89. The highest BCUT2D eigenvalue weighted by molar-refractivity contribution is 8.01. The minimum absolute atomic E-state index is 0.116. The molecule has 1 heterocycles. The van der Waals surface area contributed by atoms with Crippen molar-refractivity contribution in [2.45, 2.75) is 62.1 Å². The van der Waals surface area contributed by atoms with Gasteiger partial charge in [-0.2, -0.15) is 0 Å². The highest BCUT2D eigenvalue weighted by atomic mass is 35.5. The minimum atomic E-state index is -2.55. The molecule has 214 valence electrons. The van der Waals surface area contributed by atoms with Gasteiger partial charge in [0, 0.05) is 26.2 Å². The molecule has 0 saturated carbocycles. The van der Waals surface area contributed by atoms with Gasteiger partial charge in [-0.15, -0.1) is 0 Å². The first-order valence-electron chi connectivity index (χ1n) is 13.1. The number of H-pyrrole nitrogens is 1. The molecule has 3 aromatic rings. The van der Waals surface area contributed by atoms with E-state index in [4.69, 9.17) is 16.3 Å². The second kappa shape index (κ2) is 11.6. The van der Waals surface area contributed by atoms with E-state index in [1.165, 1.54) is 0 Å². The molecule has 0 bridgehead atoms. The number of nitrogens with zero attached hydrogens (tertiary/aromatic N) is 1. The molecule has 4 rings (SSSR count). The standard InChI is InChI=1S/C29H36ClN5O4S/c1-17(2)40(6,38)24-10-8-7-9-21(24)32-27-20(30)15-31-28(35-27)33-22-13-18-11-12-25(34-26(37)16-36)29(3,4)19(18)14-23(22)39-5/h7-10,13-15,17,25,36H,6,11-12,16H2,1-5H3,(H,34,37)(H2,31,32,33,35)/p+1. The lowest BCUT2D eigenvalue weighted by Gasteiger charge is -2.41. The lowest BCUT2D eigenvalue weighted by Crippen LogP contribution is -2.50. The van der Waals surface area contributed by atoms with Crippen LogP contribution in [0.4, 0.5) is 23.1 Å². The highest BCUT2D eigenvalue weighted by Crippen LogP contribution is 2.42. The van der Waals surface area contributed by atoms with Crippen LogP contribution in [0.15, 0.2) is 47.5 Å². The fourth-order valence-corrected chi connectivity index (χ4v) is 6.42. The van der Waals surface area contributed by atoms with Gasteiger partial charge >= 0.3 is 5.95 Å². The topological polar surface area (TPSA) is 127 Å². The zero-order chi connectivity index (χ0) is 29.2. The van der Waals surface area contributed by atoms with E-state index in [0.29, 0.717) is 38.8 Å². The first-order chi connectivity index (χ1) is 18.9. The molecular formula is C29H37ClN5O4S+. The van der Waals surface area contributed by atoms with E-state index in [1.54, 1.807) is 19.4 Å². The number of ether oxygens (including phenoxy) is 1. The number of aromatic amines is 1. The summed E-state index contributed by atoms with van der Waals surface area (Å²) in [5.41, 5.74) is 3.16. The number of hydrogen-bond acceptors (Lipinski definition) is 7. The van der Waals surface area contributed by atoms with Crippen molar-refractivity contribution in [2.24, 2.45) is 0 Å². The van der Waals surface area contributed by atoms with E-state index in [-0.39, 0.29) is 22.6 Å². The summed E-state index contributed by atoms with van der Waals surface area (Å²) in [5, 5.41) is 18.9. The molecule has 9 nitrogen and oxygen atoms in total. The number of anilines is 4. The molecule has 0 spiro atoms. The molecule has 0 radical (unpaired) electrons. The maximum absolute atomic E-state index is 13.3. The number of aliphatic hydroxyl groups excluding tert-OH is 1. The lowest BCUT2D eigenvalue weighted by atomic mass is 9.69. The number of aromatic nitrogens is 2. The Bertz CT molecular complexity index is 1520. The molecule has 40 heavy (non-hydrogen) atoms. The first-order valence-corrected chi connectivity index (χ1v) is 15.2. The smallest absolute Gasteiger partial charge is 0.396 e. The number of methoxy groups -OCH3 is 1. The number of nitrogens with one attached hydrogen (secondary N) is 4. The number of carbonyl (C=O) groups is 1. The summed E-state index contributed by atoms with van der Waals surface area (Å²) in [6.45, 7) is 7.39. The van der Waals surface area contributed by atoms with Crippen LogP contribution in [0.1, 0.15) is 45.2 Å². The molecule has 1 aliphatic carbocycles. The predicted molar refractivity (Wildman–Crippen MR) is 161 cm³/mol. The van der Waals surface area contributed by atoms with Crippen LogP contribution in [-0.2, 0) is 26.2 Å². The van der Waals surface area contributed by atoms with Crippen molar-refractivity contribution in [2.75, 3.05) is 24.4 Å². The maximum atomic E-state index is 13.3. The lowest BCUT2D eigenvalue weighted by molar-refractivity contribution is -0.364. The molecule has 0 aliphatic heterocycles. The molecule has 11 heteroatoms. The number of carbonyl (C=O) groups excluding carboxylic acids is 1. The number of halogens is 1. The predicted octanol–water partition coefficient (Wildman–Crippen LogP) is 4.23. The maximum Gasteiger partial charge on any atom is 0.396 e. The molecule has 1 aliphatic rings. The van der Waals surface area contributed by atoms with Gasteiger partial charge in [-0.05, 0) is 54.1 Å². The Hall–Kier alpha value is -3.34. The van der Waals surface area contributed by atoms with Gasteiger partial charge in [0.15, 0.2) is 5.75 Å². The number of hydrogen-bond donors (Lipinski definition) is 4. The molecule has 2 unspecified atom stereocenters. The summed E-state index contributed by atoms with van der Waals surface area (Å²) in [6, 6.07) is 11.2.